The third-order valence-corrected chi connectivity index (χ3v) is 3.30. The van der Waals surface area contributed by atoms with Gasteiger partial charge in [0.05, 0.1) is 12.6 Å². The van der Waals surface area contributed by atoms with Crippen molar-refractivity contribution in [1.82, 2.24) is 10.6 Å². The van der Waals surface area contributed by atoms with Gasteiger partial charge in [-0.3, -0.25) is 10.1 Å². The van der Waals surface area contributed by atoms with E-state index in [0.717, 1.165) is 0 Å². The minimum atomic E-state index is -4.74. The molecule has 2 rings (SSSR count). The fraction of sp³-hybridized carbons (Fsp3) is 0.500. The summed E-state index contributed by atoms with van der Waals surface area (Å²) in [6, 6.07) is 4.30. The Labute approximate surface area is 129 Å². The highest BCUT2D eigenvalue weighted by atomic mass is 19.4. The van der Waals surface area contributed by atoms with Crippen LogP contribution in [0, 0.1) is 0 Å². The number of ether oxygens (including phenoxy) is 1. The van der Waals surface area contributed by atoms with Crippen molar-refractivity contribution in [3.05, 3.63) is 29.8 Å². The average Bonchev–Trinajstić information content (AvgIpc) is 2.79. The second-order valence-corrected chi connectivity index (χ2v) is 5.23. The van der Waals surface area contributed by atoms with Gasteiger partial charge in [-0.25, -0.2) is 8.78 Å². The van der Waals surface area contributed by atoms with Gasteiger partial charge in [0, 0.05) is 13.0 Å². The van der Waals surface area contributed by atoms with Gasteiger partial charge in [0.1, 0.15) is 5.75 Å². The molecular weight excluding hydrogens is 323 g/mol. The summed E-state index contributed by atoms with van der Waals surface area (Å²) >= 11 is 0. The number of carbonyl (C=O) groups is 1. The van der Waals surface area contributed by atoms with Gasteiger partial charge in [0.25, 0.3) is 5.92 Å². The standard InChI is InChI=1S/C14H15F5N2O2/c15-13(16)7-11(21-8-13)12(22)20-6-5-9-1-3-10(4-2-9)23-14(17,18)19/h1-4,11,21H,5-8H2,(H,20,22). The molecule has 4 nitrogen and oxygen atoms in total. The van der Waals surface area contributed by atoms with Crippen molar-refractivity contribution >= 4 is 5.91 Å². The zero-order valence-corrected chi connectivity index (χ0v) is 11.9. The van der Waals surface area contributed by atoms with E-state index in [2.05, 4.69) is 15.4 Å². The molecule has 0 saturated carbocycles. The number of benzene rings is 1. The summed E-state index contributed by atoms with van der Waals surface area (Å²) < 4.78 is 65.7. The fourth-order valence-corrected chi connectivity index (χ4v) is 2.21. The Hall–Kier alpha value is -1.90. The Balaban J connectivity index is 1.75. The van der Waals surface area contributed by atoms with E-state index in [1.54, 1.807) is 0 Å². The Morgan fingerprint density at radius 3 is 2.48 bits per heavy atom. The van der Waals surface area contributed by atoms with Crippen LogP contribution in [0.1, 0.15) is 12.0 Å². The van der Waals surface area contributed by atoms with Crippen molar-refractivity contribution in [3.8, 4) is 5.75 Å². The maximum absolute atomic E-state index is 13.0. The number of rotatable bonds is 5. The second kappa shape index (κ2) is 6.69. The van der Waals surface area contributed by atoms with Gasteiger partial charge in [0.15, 0.2) is 0 Å². The lowest BCUT2D eigenvalue weighted by Crippen LogP contribution is -2.41. The van der Waals surface area contributed by atoms with Crippen molar-refractivity contribution < 1.29 is 31.5 Å². The largest absolute Gasteiger partial charge is 0.573 e. The number of hydrogen-bond donors (Lipinski definition) is 2. The summed E-state index contributed by atoms with van der Waals surface area (Å²) in [4.78, 5) is 11.7. The van der Waals surface area contributed by atoms with Gasteiger partial charge >= 0.3 is 6.36 Å². The van der Waals surface area contributed by atoms with Crippen molar-refractivity contribution in [2.45, 2.75) is 31.2 Å². The molecule has 1 amide bonds. The molecule has 1 heterocycles. The zero-order valence-electron chi connectivity index (χ0n) is 11.9. The highest BCUT2D eigenvalue weighted by molar-refractivity contribution is 5.82. The highest BCUT2D eigenvalue weighted by Gasteiger charge is 2.42. The minimum absolute atomic E-state index is 0.196. The van der Waals surface area contributed by atoms with Crippen LogP contribution in [0.5, 0.6) is 5.75 Å². The van der Waals surface area contributed by atoms with Crippen LogP contribution in [0.3, 0.4) is 0 Å². The third kappa shape index (κ3) is 5.66. The first-order chi connectivity index (χ1) is 10.6. The Morgan fingerprint density at radius 2 is 1.96 bits per heavy atom. The number of halogens is 5. The molecule has 9 heteroatoms. The van der Waals surface area contributed by atoms with Crippen LogP contribution in [0.2, 0.25) is 0 Å². The molecule has 1 aliphatic heterocycles. The van der Waals surface area contributed by atoms with Crippen LogP contribution in [-0.4, -0.2) is 37.3 Å². The molecule has 0 bridgehead atoms. The Bertz CT molecular complexity index is 545. The summed E-state index contributed by atoms with van der Waals surface area (Å²) in [5.74, 6) is -3.72. The predicted octanol–water partition coefficient (Wildman–Crippen LogP) is 2.24. The SMILES string of the molecule is O=C(NCCc1ccc(OC(F)(F)F)cc1)C1CC(F)(F)CN1. The molecule has 0 radical (unpaired) electrons. The molecule has 1 atom stereocenters. The Morgan fingerprint density at radius 1 is 1.30 bits per heavy atom. The first-order valence-electron chi connectivity index (χ1n) is 6.88. The van der Waals surface area contributed by atoms with Gasteiger partial charge in [-0.05, 0) is 24.1 Å². The number of carbonyl (C=O) groups excluding carboxylic acids is 1. The minimum Gasteiger partial charge on any atom is -0.406 e. The van der Waals surface area contributed by atoms with Gasteiger partial charge in [-0.1, -0.05) is 12.1 Å². The van der Waals surface area contributed by atoms with Crippen LogP contribution < -0.4 is 15.4 Å². The fourth-order valence-electron chi connectivity index (χ4n) is 2.21. The maximum Gasteiger partial charge on any atom is 0.573 e. The lowest BCUT2D eigenvalue weighted by molar-refractivity contribution is -0.274. The molecule has 1 saturated heterocycles. The van der Waals surface area contributed by atoms with Crippen molar-refractivity contribution in [2.24, 2.45) is 0 Å². The van der Waals surface area contributed by atoms with Crippen LogP contribution >= 0.6 is 0 Å². The van der Waals surface area contributed by atoms with Crippen LogP contribution in [0.15, 0.2) is 24.3 Å². The molecule has 1 aliphatic rings. The molecule has 0 spiro atoms. The summed E-state index contributed by atoms with van der Waals surface area (Å²) in [7, 11) is 0. The highest BCUT2D eigenvalue weighted by Crippen LogP contribution is 2.25. The summed E-state index contributed by atoms with van der Waals surface area (Å²) in [6.45, 7) is -0.326. The molecule has 128 valence electrons. The summed E-state index contributed by atoms with van der Waals surface area (Å²) in [5.41, 5.74) is 0.685. The van der Waals surface area contributed by atoms with E-state index in [9.17, 15) is 26.7 Å². The number of alkyl halides is 5. The molecule has 1 fully saturated rings. The zero-order chi connectivity index (χ0) is 17.1. The number of amides is 1. The maximum atomic E-state index is 13.0. The molecule has 0 aliphatic carbocycles. The smallest absolute Gasteiger partial charge is 0.406 e. The van der Waals surface area contributed by atoms with Crippen LogP contribution in [0.25, 0.3) is 0 Å². The van der Waals surface area contributed by atoms with E-state index in [1.165, 1.54) is 24.3 Å². The van der Waals surface area contributed by atoms with Crippen molar-refractivity contribution in [1.29, 1.82) is 0 Å². The topological polar surface area (TPSA) is 50.4 Å². The van der Waals surface area contributed by atoms with Gasteiger partial charge in [0.2, 0.25) is 5.91 Å². The first-order valence-corrected chi connectivity index (χ1v) is 6.88. The van der Waals surface area contributed by atoms with E-state index in [1.807, 2.05) is 0 Å². The summed E-state index contributed by atoms with van der Waals surface area (Å²) in [6.07, 6.45) is -4.92. The van der Waals surface area contributed by atoms with E-state index < -0.39 is 37.2 Å². The lowest BCUT2D eigenvalue weighted by Gasteiger charge is -2.12. The van der Waals surface area contributed by atoms with Crippen molar-refractivity contribution in [3.63, 3.8) is 0 Å². The Kier molecular flexibility index (Phi) is 5.08. The van der Waals surface area contributed by atoms with Gasteiger partial charge in [-0.15, -0.1) is 13.2 Å². The molecule has 23 heavy (non-hydrogen) atoms. The van der Waals surface area contributed by atoms with Gasteiger partial charge < -0.3 is 10.1 Å². The quantitative estimate of drug-likeness (QED) is 0.810. The third-order valence-electron chi connectivity index (χ3n) is 3.30. The molecule has 2 N–H and O–H groups in total. The molecular formula is C14H15F5N2O2. The van der Waals surface area contributed by atoms with E-state index in [0.29, 0.717) is 12.0 Å². The summed E-state index contributed by atoms with van der Waals surface area (Å²) in [5, 5.41) is 4.96. The van der Waals surface area contributed by atoms with E-state index >= 15 is 0 Å². The number of hydrogen-bond acceptors (Lipinski definition) is 3. The monoisotopic (exact) mass is 338 g/mol. The lowest BCUT2D eigenvalue weighted by atomic mass is 10.1. The average molecular weight is 338 g/mol. The second-order valence-electron chi connectivity index (χ2n) is 5.23. The molecule has 1 aromatic carbocycles. The predicted molar refractivity (Wildman–Crippen MR) is 71.2 cm³/mol. The van der Waals surface area contributed by atoms with Crippen LogP contribution in [-0.2, 0) is 11.2 Å². The van der Waals surface area contributed by atoms with E-state index in [-0.39, 0.29) is 12.3 Å². The normalized spacial score (nSPS) is 20.3. The van der Waals surface area contributed by atoms with Gasteiger partial charge in [-0.2, -0.15) is 0 Å². The number of nitrogens with one attached hydrogen (secondary N) is 2. The van der Waals surface area contributed by atoms with E-state index in [4.69, 9.17) is 0 Å². The molecule has 1 aromatic rings. The van der Waals surface area contributed by atoms with Crippen LogP contribution in [0.4, 0.5) is 22.0 Å². The van der Waals surface area contributed by atoms with Crippen molar-refractivity contribution in [2.75, 3.05) is 13.1 Å². The first kappa shape index (κ1) is 17.5. The molecule has 0 aromatic heterocycles. The molecule has 1 unspecified atom stereocenters.